The van der Waals surface area contributed by atoms with Gasteiger partial charge in [0, 0.05) is 12.1 Å². The summed E-state index contributed by atoms with van der Waals surface area (Å²) in [7, 11) is 2.76. The van der Waals surface area contributed by atoms with Crippen LogP contribution in [0.5, 0.6) is 17.2 Å². The zero-order chi connectivity index (χ0) is 26.8. The molecule has 10 nitrogen and oxygen atoms in total. The summed E-state index contributed by atoms with van der Waals surface area (Å²) in [6.07, 6.45) is -0.197. The second-order valence-electron chi connectivity index (χ2n) is 8.68. The lowest BCUT2D eigenvalue weighted by molar-refractivity contribution is -0.122. The largest absolute Gasteiger partial charge is 0.497 e. The first-order valence-corrected chi connectivity index (χ1v) is 11.8. The molecular weight excluding hydrogens is 492 g/mol. The molecule has 0 saturated carbocycles. The van der Waals surface area contributed by atoms with Gasteiger partial charge in [-0.3, -0.25) is 14.4 Å². The Labute approximate surface area is 218 Å². The number of nitrogens with zero attached hydrogens (tertiary/aromatic N) is 2. The monoisotopic (exact) mass is 516 g/mol. The van der Waals surface area contributed by atoms with Crippen molar-refractivity contribution in [1.82, 2.24) is 4.90 Å². The second-order valence-corrected chi connectivity index (χ2v) is 8.68. The molecule has 1 atom stereocenters. The predicted molar refractivity (Wildman–Crippen MR) is 134 cm³/mol. The van der Waals surface area contributed by atoms with Gasteiger partial charge in [-0.2, -0.15) is 0 Å². The number of anilines is 1. The quantitative estimate of drug-likeness (QED) is 0.348. The summed E-state index contributed by atoms with van der Waals surface area (Å²) in [6, 6.07) is 16.8. The summed E-state index contributed by atoms with van der Waals surface area (Å²) in [4.78, 5) is 54.6. The summed E-state index contributed by atoms with van der Waals surface area (Å²) in [6.45, 7) is 0.149. The SMILES string of the molecule is COC(=O)c1ccc(N2C(=O)CC(N(Cc3ccc4c(c3)OCO4)C(=O)c3cccc(OC)c3)C2=O)cc1. The Bertz CT molecular complexity index is 1420. The molecule has 0 radical (unpaired) electrons. The fourth-order valence-corrected chi connectivity index (χ4v) is 4.48. The second kappa shape index (κ2) is 10.3. The summed E-state index contributed by atoms with van der Waals surface area (Å²) in [5.74, 6) is -0.355. The normalized spacial score (nSPS) is 15.9. The fourth-order valence-electron chi connectivity index (χ4n) is 4.48. The van der Waals surface area contributed by atoms with E-state index in [4.69, 9.17) is 18.9 Å². The van der Waals surface area contributed by atoms with Crippen LogP contribution in [0.15, 0.2) is 66.7 Å². The van der Waals surface area contributed by atoms with Gasteiger partial charge in [0.05, 0.1) is 31.9 Å². The van der Waals surface area contributed by atoms with E-state index in [1.54, 1.807) is 42.5 Å². The molecule has 1 fully saturated rings. The van der Waals surface area contributed by atoms with Crippen LogP contribution < -0.4 is 19.1 Å². The van der Waals surface area contributed by atoms with E-state index < -0.39 is 29.7 Å². The van der Waals surface area contributed by atoms with Crippen molar-refractivity contribution in [2.45, 2.75) is 19.0 Å². The van der Waals surface area contributed by atoms with E-state index in [1.807, 2.05) is 0 Å². The minimum atomic E-state index is -1.05. The van der Waals surface area contributed by atoms with Gasteiger partial charge < -0.3 is 23.8 Å². The zero-order valence-electron chi connectivity index (χ0n) is 20.7. The summed E-state index contributed by atoms with van der Waals surface area (Å²) < 4.78 is 20.8. The van der Waals surface area contributed by atoms with Crippen LogP contribution in [0, 0.1) is 0 Å². The number of fused-ring (bicyclic) bond motifs is 1. The molecule has 38 heavy (non-hydrogen) atoms. The van der Waals surface area contributed by atoms with E-state index in [2.05, 4.69) is 0 Å². The molecule has 10 heteroatoms. The van der Waals surface area contributed by atoms with Gasteiger partial charge in [-0.05, 0) is 60.2 Å². The number of imide groups is 1. The number of carbonyl (C=O) groups is 4. The molecule has 0 aromatic heterocycles. The molecule has 2 heterocycles. The highest BCUT2D eigenvalue weighted by Gasteiger charge is 2.44. The summed E-state index contributed by atoms with van der Waals surface area (Å²) in [5.41, 5.74) is 1.59. The van der Waals surface area contributed by atoms with Crippen molar-refractivity contribution in [3.63, 3.8) is 0 Å². The molecule has 5 rings (SSSR count). The van der Waals surface area contributed by atoms with Crippen molar-refractivity contribution >= 4 is 29.4 Å². The molecule has 1 saturated heterocycles. The number of ether oxygens (including phenoxy) is 4. The Morgan fingerprint density at radius 1 is 0.947 bits per heavy atom. The van der Waals surface area contributed by atoms with Crippen molar-refractivity contribution in [3.8, 4) is 17.2 Å². The number of methoxy groups -OCH3 is 2. The lowest BCUT2D eigenvalue weighted by Crippen LogP contribution is -2.45. The molecule has 3 aromatic carbocycles. The van der Waals surface area contributed by atoms with Crippen LogP contribution in [-0.4, -0.2) is 55.6 Å². The van der Waals surface area contributed by atoms with Crippen LogP contribution in [0.1, 0.15) is 32.7 Å². The van der Waals surface area contributed by atoms with Gasteiger partial charge in [-0.15, -0.1) is 0 Å². The van der Waals surface area contributed by atoms with Crippen molar-refractivity contribution < 1.29 is 38.1 Å². The highest BCUT2D eigenvalue weighted by molar-refractivity contribution is 6.23. The number of rotatable bonds is 7. The predicted octanol–water partition coefficient (Wildman–Crippen LogP) is 3.19. The minimum absolute atomic E-state index is 0.0471. The lowest BCUT2D eigenvalue weighted by atomic mass is 10.1. The molecule has 1 unspecified atom stereocenters. The van der Waals surface area contributed by atoms with Crippen LogP contribution in [0.2, 0.25) is 0 Å². The third-order valence-corrected chi connectivity index (χ3v) is 6.41. The first kappa shape index (κ1) is 24.8. The van der Waals surface area contributed by atoms with Crippen molar-refractivity contribution in [2.75, 3.05) is 25.9 Å². The van der Waals surface area contributed by atoms with Crippen LogP contribution in [0.25, 0.3) is 0 Å². The number of hydrogen-bond donors (Lipinski definition) is 0. The van der Waals surface area contributed by atoms with E-state index in [1.165, 1.54) is 43.4 Å². The molecule has 0 bridgehead atoms. The lowest BCUT2D eigenvalue weighted by Gasteiger charge is -2.28. The summed E-state index contributed by atoms with van der Waals surface area (Å²) >= 11 is 0. The molecule has 2 aliphatic rings. The zero-order valence-corrected chi connectivity index (χ0v) is 20.7. The Hall–Kier alpha value is -4.86. The Morgan fingerprint density at radius 2 is 1.71 bits per heavy atom. The van der Waals surface area contributed by atoms with E-state index in [9.17, 15) is 19.2 Å². The standard InChI is InChI=1S/C28H24N2O8/c1-35-21-5-3-4-19(13-21)26(32)29(15-17-6-11-23-24(12-17)38-16-37-23)22-14-25(31)30(27(22)33)20-9-7-18(8-10-20)28(34)36-2/h3-13,22H,14-16H2,1-2H3. The topological polar surface area (TPSA) is 112 Å². The van der Waals surface area contributed by atoms with Crippen LogP contribution in [0.4, 0.5) is 5.69 Å². The van der Waals surface area contributed by atoms with Gasteiger partial charge in [0.15, 0.2) is 11.5 Å². The van der Waals surface area contributed by atoms with E-state index in [-0.39, 0.29) is 25.3 Å². The molecule has 194 valence electrons. The van der Waals surface area contributed by atoms with Crippen LogP contribution in [-0.2, 0) is 20.9 Å². The molecule has 0 N–H and O–H groups in total. The number of benzene rings is 3. The van der Waals surface area contributed by atoms with Gasteiger partial charge in [0.25, 0.3) is 11.8 Å². The smallest absolute Gasteiger partial charge is 0.337 e. The van der Waals surface area contributed by atoms with Crippen LogP contribution >= 0.6 is 0 Å². The van der Waals surface area contributed by atoms with Crippen molar-refractivity contribution in [3.05, 3.63) is 83.4 Å². The number of esters is 1. The third kappa shape index (κ3) is 4.63. The number of hydrogen-bond acceptors (Lipinski definition) is 8. The number of amides is 3. The maximum Gasteiger partial charge on any atom is 0.337 e. The van der Waals surface area contributed by atoms with Gasteiger partial charge in [-0.1, -0.05) is 12.1 Å². The summed E-state index contributed by atoms with van der Waals surface area (Å²) in [5, 5.41) is 0. The van der Waals surface area contributed by atoms with Gasteiger partial charge >= 0.3 is 5.97 Å². The highest BCUT2D eigenvalue weighted by atomic mass is 16.7. The van der Waals surface area contributed by atoms with E-state index in [0.717, 1.165) is 4.90 Å². The molecular formula is C28H24N2O8. The molecule has 0 spiro atoms. The molecule has 2 aliphatic heterocycles. The van der Waals surface area contributed by atoms with E-state index >= 15 is 0 Å². The average molecular weight is 517 g/mol. The first-order valence-electron chi connectivity index (χ1n) is 11.8. The molecule has 3 amide bonds. The maximum atomic E-state index is 13.8. The first-order chi connectivity index (χ1) is 18.4. The van der Waals surface area contributed by atoms with Crippen molar-refractivity contribution in [2.24, 2.45) is 0 Å². The van der Waals surface area contributed by atoms with Crippen LogP contribution in [0.3, 0.4) is 0 Å². The van der Waals surface area contributed by atoms with Gasteiger partial charge in [0.2, 0.25) is 12.7 Å². The minimum Gasteiger partial charge on any atom is -0.497 e. The average Bonchev–Trinajstić information content (AvgIpc) is 3.54. The van der Waals surface area contributed by atoms with Crippen molar-refractivity contribution in [1.29, 1.82) is 0 Å². The van der Waals surface area contributed by atoms with Gasteiger partial charge in [-0.25, -0.2) is 9.69 Å². The third-order valence-electron chi connectivity index (χ3n) is 6.41. The fraction of sp³-hybridized carbons (Fsp3) is 0.214. The molecule has 0 aliphatic carbocycles. The number of carbonyl (C=O) groups excluding carboxylic acids is 4. The Morgan fingerprint density at radius 3 is 2.45 bits per heavy atom. The maximum absolute atomic E-state index is 13.8. The Kier molecular flexibility index (Phi) is 6.69. The molecule has 3 aromatic rings. The van der Waals surface area contributed by atoms with E-state index in [0.29, 0.717) is 34.1 Å². The van der Waals surface area contributed by atoms with Gasteiger partial charge in [0.1, 0.15) is 11.8 Å². The Balaban J connectivity index is 1.47. The highest BCUT2D eigenvalue weighted by Crippen LogP contribution is 2.34.